The maximum atomic E-state index is 12.5. The Labute approximate surface area is 175 Å². The van der Waals surface area contributed by atoms with E-state index in [4.69, 9.17) is 14.2 Å². The van der Waals surface area contributed by atoms with E-state index in [1.807, 2.05) is 13.0 Å². The molecule has 1 aliphatic heterocycles. The molecule has 5 aliphatic rings. The highest BCUT2D eigenvalue weighted by Crippen LogP contribution is 2.69. The van der Waals surface area contributed by atoms with Crippen LogP contribution < -0.4 is 0 Å². The van der Waals surface area contributed by atoms with Crippen LogP contribution in [-0.4, -0.2) is 47.9 Å². The summed E-state index contributed by atoms with van der Waals surface area (Å²) < 4.78 is 15.9. The Morgan fingerprint density at radius 2 is 2.03 bits per heavy atom. The van der Waals surface area contributed by atoms with Gasteiger partial charge in [-0.25, -0.2) is 9.59 Å². The minimum atomic E-state index is -1.12. The van der Waals surface area contributed by atoms with Crippen LogP contribution in [0.25, 0.3) is 0 Å². The van der Waals surface area contributed by atoms with E-state index in [0.717, 1.165) is 24.8 Å². The molecule has 30 heavy (non-hydrogen) atoms. The Bertz CT molecular complexity index is 890. The lowest BCUT2D eigenvalue weighted by Gasteiger charge is -2.59. The number of rotatable bonds is 1. The minimum Gasteiger partial charge on any atom is -0.466 e. The van der Waals surface area contributed by atoms with Crippen molar-refractivity contribution in [3.8, 4) is 0 Å². The summed E-state index contributed by atoms with van der Waals surface area (Å²) in [6.45, 7) is 4.14. The lowest BCUT2D eigenvalue weighted by atomic mass is 9.46. The zero-order valence-corrected chi connectivity index (χ0v) is 17.6. The first kappa shape index (κ1) is 19.8. The molecule has 0 radical (unpaired) electrons. The number of hydrogen-bond donors (Lipinski definition) is 1. The van der Waals surface area contributed by atoms with Crippen molar-refractivity contribution in [1.29, 1.82) is 0 Å². The number of ketones is 1. The fraction of sp³-hybridized carbons (Fsp3) is 0.696. The summed E-state index contributed by atoms with van der Waals surface area (Å²) >= 11 is 0. The molecule has 0 aromatic heterocycles. The van der Waals surface area contributed by atoms with E-state index >= 15 is 0 Å². The van der Waals surface area contributed by atoms with Gasteiger partial charge in [-0.15, -0.1) is 0 Å². The van der Waals surface area contributed by atoms with Crippen molar-refractivity contribution in [3.05, 3.63) is 23.8 Å². The molecule has 1 spiro atoms. The molecule has 3 saturated carbocycles. The summed E-state index contributed by atoms with van der Waals surface area (Å²) in [6, 6.07) is 0. The third-order valence-electron chi connectivity index (χ3n) is 9.00. The highest BCUT2D eigenvalue weighted by atomic mass is 16.8. The second-order valence-corrected chi connectivity index (χ2v) is 10.0. The number of methoxy groups -OCH3 is 1. The zero-order chi connectivity index (χ0) is 21.5. The summed E-state index contributed by atoms with van der Waals surface area (Å²) in [6.07, 6.45) is 6.03. The van der Waals surface area contributed by atoms with Crippen LogP contribution in [0.5, 0.6) is 0 Å². The van der Waals surface area contributed by atoms with Gasteiger partial charge in [-0.2, -0.15) is 0 Å². The van der Waals surface area contributed by atoms with Crippen LogP contribution >= 0.6 is 0 Å². The largest absolute Gasteiger partial charge is 0.510 e. The molecule has 4 fully saturated rings. The van der Waals surface area contributed by atoms with Gasteiger partial charge < -0.3 is 19.3 Å². The fourth-order valence-corrected chi connectivity index (χ4v) is 7.71. The van der Waals surface area contributed by atoms with Gasteiger partial charge in [0.2, 0.25) is 6.10 Å². The molecule has 1 N–H and O–H groups in total. The monoisotopic (exact) mass is 416 g/mol. The average Bonchev–Trinajstić information content (AvgIpc) is 3.18. The molecule has 7 heteroatoms. The zero-order valence-electron chi connectivity index (χ0n) is 17.6. The number of cyclic esters (lactones) is 1. The topological polar surface area (TPSA) is 99.1 Å². The van der Waals surface area contributed by atoms with Gasteiger partial charge >= 0.3 is 12.1 Å². The first-order chi connectivity index (χ1) is 14.2. The van der Waals surface area contributed by atoms with Gasteiger partial charge in [-0.05, 0) is 56.1 Å². The van der Waals surface area contributed by atoms with E-state index < -0.39 is 35.3 Å². The van der Waals surface area contributed by atoms with E-state index in [1.54, 1.807) is 12.2 Å². The first-order valence-electron chi connectivity index (χ1n) is 10.8. The highest BCUT2D eigenvalue weighted by Gasteiger charge is 2.74. The SMILES string of the molecule is COC(=O)[C@@H]1OC(=O)O[C@@]12CC[C@H]1[C@@H]3CCC4=CC(=O)C=C[C@]4(C)[C@H]3[C@@H](O)C[C@@]12C. The number of allylic oxidation sites excluding steroid dienone is 4. The van der Waals surface area contributed by atoms with Crippen molar-refractivity contribution in [2.75, 3.05) is 7.11 Å². The van der Waals surface area contributed by atoms with E-state index in [9.17, 15) is 19.5 Å². The van der Waals surface area contributed by atoms with Crippen molar-refractivity contribution >= 4 is 17.9 Å². The van der Waals surface area contributed by atoms with Crippen molar-refractivity contribution in [2.45, 2.75) is 63.8 Å². The second-order valence-electron chi connectivity index (χ2n) is 10.0. The van der Waals surface area contributed by atoms with Crippen molar-refractivity contribution < 1.29 is 33.7 Å². The van der Waals surface area contributed by atoms with E-state index in [2.05, 4.69) is 6.92 Å². The molecule has 5 rings (SSSR count). The Morgan fingerprint density at radius 1 is 1.27 bits per heavy atom. The van der Waals surface area contributed by atoms with Gasteiger partial charge in [0.05, 0.1) is 13.2 Å². The summed E-state index contributed by atoms with van der Waals surface area (Å²) in [7, 11) is 1.27. The third-order valence-corrected chi connectivity index (χ3v) is 9.00. The molecular weight excluding hydrogens is 388 g/mol. The molecule has 1 heterocycles. The number of carbonyl (C=O) groups is 3. The van der Waals surface area contributed by atoms with Gasteiger partial charge in [0.15, 0.2) is 11.4 Å². The lowest BCUT2D eigenvalue weighted by molar-refractivity contribution is -0.180. The van der Waals surface area contributed by atoms with E-state index in [0.29, 0.717) is 12.8 Å². The molecule has 7 nitrogen and oxygen atoms in total. The standard InChI is InChI=1S/C23H28O7/c1-21-8-6-13(24)10-12(21)4-5-14-15-7-9-23(22(15,2)11-16(25)17(14)21)18(19(26)28-3)29-20(27)30-23/h6,8,10,14-18,25H,4-5,7,9,11H2,1-3H3/t14-,15-,16-,17+,18-,21-,22-,23-/m0/s1. The Balaban J connectivity index is 1.56. The van der Waals surface area contributed by atoms with Gasteiger partial charge in [0, 0.05) is 16.7 Å². The Morgan fingerprint density at radius 3 is 2.77 bits per heavy atom. The van der Waals surface area contributed by atoms with Crippen molar-refractivity contribution in [3.63, 3.8) is 0 Å². The van der Waals surface area contributed by atoms with Gasteiger partial charge in [0.25, 0.3) is 0 Å². The number of ether oxygens (including phenoxy) is 3. The molecule has 1 saturated heterocycles. The first-order valence-corrected chi connectivity index (χ1v) is 10.8. The summed E-state index contributed by atoms with van der Waals surface area (Å²) in [5, 5.41) is 11.4. The maximum absolute atomic E-state index is 12.5. The average molecular weight is 416 g/mol. The molecule has 0 unspecified atom stereocenters. The van der Waals surface area contributed by atoms with Crippen LogP contribution in [0, 0.1) is 28.6 Å². The van der Waals surface area contributed by atoms with Crippen LogP contribution in [0.4, 0.5) is 4.79 Å². The third kappa shape index (κ3) is 2.27. The normalized spacial score (nSPS) is 48.9. The van der Waals surface area contributed by atoms with E-state index in [-0.39, 0.29) is 29.0 Å². The summed E-state index contributed by atoms with van der Waals surface area (Å²) in [5.41, 5.74) is -0.999. The van der Waals surface area contributed by atoms with Gasteiger partial charge in [-0.1, -0.05) is 25.5 Å². The number of aliphatic hydroxyl groups excluding tert-OH is 1. The van der Waals surface area contributed by atoms with Crippen LogP contribution in [0.3, 0.4) is 0 Å². The van der Waals surface area contributed by atoms with Crippen LogP contribution in [0.15, 0.2) is 23.8 Å². The molecular formula is C23H28O7. The Hall–Kier alpha value is -2.15. The molecule has 0 amide bonds. The fourth-order valence-electron chi connectivity index (χ4n) is 7.71. The number of carbonyl (C=O) groups excluding carboxylic acids is 3. The molecule has 0 aromatic carbocycles. The molecule has 162 valence electrons. The predicted molar refractivity (Wildman–Crippen MR) is 104 cm³/mol. The smallest absolute Gasteiger partial charge is 0.466 e. The molecule has 8 atom stereocenters. The van der Waals surface area contributed by atoms with Crippen LogP contribution in [0.2, 0.25) is 0 Å². The van der Waals surface area contributed by atoms with Crippen LogP contribution in [0.1, 0.15) is 46.0 Å². The molecule has 0 bridgehead atoms. The number of hydrogen-bond acceptors (Lipinski definition) is 7. The molecule has 0 aromatic rings. The lowest BCUT2D eigenvalue weighted by Crippen LogP contribution is -2.62. The van der Waals surface area contributed by atoms with Crippen LogP contribution in [-0.2, 0) is 23.8 Å². The number of fused-ring (bicyclic) bond motifs is 6. The quantitative estimate of drug-likeness (QED) is 0.656. The highest BCUT2D eigenvalue weighted by molar-refractivity contribution is 6.01. The summed E-state index contributed by atoms with van der Waals surface area (Å²) in [5.74, 6) is -0.280. The maximum Gasteiger partial charge on any atom is 0.510 e. The van der Waals surface area contributed by atoms with Gasteiger partial charge in [-0.3, -0.25) is 4.79 Å². The van der Waals surface area contributed by atoms with Crippen molar-refractivity contribution in [2.24, 2.45) is 28.6 Å². The Kier molecular flexibility index (Phi) is 4.08. The number of esters is 1. The summed E-state index contributed by atoms with van der Waals surface area (Å²) in [4.78, 5) is 36.5. The number of aliphatic hydroxyl groups is 1. The van der Waals surface area contributed by atoms with Gasteiger partial charge in [0.1, 0.15) is 0 Å². The predicted octanol–water partition coefficient (Wildman–Crippen LogP) is 2.71. The second kappa shape index (κ2) is 6.19. The molecule has 4 aliphatic carbocycles. The minimum absolute atomic E-state index is 0.00631. The van der Waals surface area contributed by atoms with Crippen molar-refractivity contribution in [1.82, 2.24) is 0 Å². The van der Waals surface area contributed by atoms with E-state index in [1.165, 1.54) is 7.11 Å².